The van der Waals surface area contributed by atoms with Crippen LogP contribution in [-0.2, 0) is 0 Å². The lowest BCUT2D eigenvalue weighted by atomic mass is 10.2. The molecule has 0 heterocycles. The van der Waals surface area contributed by atoms with Gasteiger partial charge in [-0.1, -0.05) is 12.8 Å². The molecule has 0 unspecified atom stereocenters. The molecule has 0 spiro atoms. The van der Waals surface area contributed by atoms with Crippen molar-refractivity contribution in [2.75, 3.05) is 12.5 Å². The summed E-state index contributed by atoms with van der Waals surface area (Å²) in [4.78, 5) is 10.5. The lowest BCUT2D eigenvalue weighted by Gasteiger charge is -2.09. The summed E-state index contributed by atoms with van der Waals surface area (Å²) in [5.74, 6) is 0.895. The van der Waals surface area contributed by atoms with Gasteiger partial charge in [0, 0.05) is 11.9 Å². The molecule has 1 rings (SSSR count). The molecule has 1 aromatic carbocycles. The predicted molar refractivity (Wildman–Crippen MR) is 85.2 cm³/mol. The summed E-state index contributed by atoms with van der Waals surface area (Å²) in [6.07, 6.45) is 3.80. The third-order valence-electron chi connectivity index (χ3n) is 2.62. The van der Waals surface area contributed by atoms with E-state index in [1.165, 1.54) is 6.07 Å². The number of hydrogen-bond acceptors (Lipinski definition) is 4. The highest BCUT2D eigenvalue weighted by Crippen LogP contribution is 2.33. The summed E-state index contributed by atoms with van der Waals surface area (Å²) < 4.78 is 6.10. The minimum absolute atomic E-state index is 0.158. The molecule has 108 valence electrons. The minimum atomic E-state index is -0.522. The van der Waals surface area contributed by atoms with E-state index in [-0.39, 0.29) is 17.0 Å². The maximum Gasteiger partial charge on any atom is 0.313 e. The number of nitriles is 1. The molecule has 0 amide bonds. The van der Waals surface area contributed by atoms with Gasteiger partial charge < -0.3 is 4.74 Å². The smallest absolute Gasteiger partial charge is 0.313 e. The zero-order valence-electron chi connectivity index (χ0n) is 10.8. The fourth-order valence-corrected chi connectivity index (χ4v) is 2.60. The van der Waals surface area contributed by atoms with Crippen LogP contribution in [-0.4, -0.2) is 17.4 Å². The van der Waals surface area contributed by atoms with Gasteiger partial charge in [0.05, 0.1) is 26.7 Å². The monoisotopic (exact) mass is 408 g/mol. The van der Waals surface area contributed by atoms with Gasteiger partial charge in [-0.25, -0.2) is 0 Å². The van der Waals surface area contributed by atoms with Gasteiger partial charge >= 0.3 is 5.69 Å². The zero-order valence-corrected chi connectivity index (χ0v) is 13.7. The molecule has 5 nitrogen and oxygen atoms in total. The normalized spacial score (nSPS) is 10.1. The fraction of sp³-hybridized carbons (Fsp3) is 0.462. The Morgan fingerprint density at radius 1 is 1.35 bits per heavy atom. The van der Waals surface area contributed by atoms with Crippen molar-refractivity contribution in [2.45, 2.75) is 25.7 Å². The van der Waals surface area contributed by atoms with Crippen molar-refractivity contribution in [3.05, 3.63) is 31.4 Å². The van der Waals surface area contributed by atoms with E-state index in [4.69, 9.17) is 21.6 Å². The van der Waals surface area contributed by atoms with Crippen molar-refractivity contribution in [1.82, 2.24) is 0 Å². The van der Waals surface area contributed by atoms with Crippen LogP contribution in [0.2, 0.25) is 0 Å². The van der Waals surface area contributed by atoms with E-state index in [0.717, 1.165) is 25.7 Å². The van der Waals surface area contributed by atoms with E-state index in [0.29, 0.717) is 16.1 Å². The van der Waals surface area contributed by atoms with Crippen LogP contribution in [0.1, 0.15) is 31.2 Å². The first-order chi connectivity index (χ1) is 9.60. The lowest BCUT2D eigenvalue weighted by molar-refractivity contribution is -0.386. The Kier molecular flexibility index (Phi) is 7.62. The standard InChI is InChI=1S/C13H14ClIN2O3/c14-5-3-1-2-4-6-20-13-11(15)7-10(9-16)8-12(13)17(18)19/h7-8H,1-6H2. The molecule has 0 atom stereocenters. The largest absolute Gasteiger partial charge is 0.486 e. The first-order valence-electron chi connectivity index (χ1n) is 6.17. The number of benzene rings is 1. The van der Waals surface area contributed by atoms with E-state index >= 15 is 0 Å². The van der Waals surface area contributed by atoms with Crippen molar-refractivity contribution in [3.63, 3.8) is 0 Å². The molecule has 7 heteroatoms. The Morgan fingerprint density at radius 3 is 2.65 bits per heavy atom. The van der Waals surface area contributed by atoms with Gasteiger partial charge in [-0.2, -0.15) is 5.26 Å². The SMILES string of the molecule is N#Cc1cc(I)c(OCCCCCCCl)c([N+](=O)[O-])c1. The van der Waals surface area contributed by atoms with Gasteiger partial charge in [0.15, 0.2) is 0 Å². The highest BCUT2D eigenvalue weighted by Gasteiger charge is 2.20. The van der Waals surface area contributed by atoms with Crippen LogP contribution in [0.5, 0.6) is 5.75 Å². The third-order valence-corrected chi connectivity index (χ3v) is 3.69. The van der Waals surface area contributed by atoms with Crippen molar-refractivity contribution in [2.24, 2.45) is 0 Å². The van der Waals surface area contributed by atoms with Crippen molar-refractivity contribution < 1.29 is 9.66 Å². The van der Waals surface area contributed by atoms with E-state index in [2.05, 4.69) is 0 Å². The first kappa shape index (κ1) is 17.0. The second kappa shape index (κ2) is 8.97. The zero-order chi connectivity index (χ0) is 15.0. The highest BCUT2D eigenvalue weighted by molar-refractivity contribution is 14.1. The van der Waals surface area contributed by atoms with Gasteiger partial charge in [-0.05, 0) is 41.5 Å². The molecule has 0 saturated carbocycles. The van der Waals surface area contributed by atoms with Crippen LogP contribution >= 0.6 is 34.2 Å². The summed E-state index contributed by atoms with van der Waals surface area (Å²) in [7, 11) is 0. The molecular weight excluding hydrogens is 395 g/mol. The van der Waals surface area contributed by atoms with Crippen LogP contribution in [0.15, 0.2) is 12.1 Å². The molecule has 0 N–H and O–H groups in total. The molecule has 0 aliphatic heterocycles. The van der Waals surface area contributed by atoms with Crippen LogP contribution in [0.4, 0.5) is 5.69 Å². The highest BCUT2D eigenvalue weighted by atomic mass is 127. The van der Waals surface area contributed by atoms with Crippen LogP contribution < -0.4 is 4.74 Å². The summed E-state index contributed by atoms with van der Waals surface area (Å²) >= 11 is 7.53. The van der Waals surface area contributed by atoms with Gasteiger partial charge in [-0.3, -0.25) is 10.1 Å². The first-order valence-corrected chi connectivity index (χ1v) is 7.78. The quantitative estimate of drug-likeness (QED) is 0.212. The minimum Gasteiger partial charge on any atom is -0.486 e. The van der Waals surface area contributed by atoms with Crippen molar-refractivity contribution >= 4 is 39.9 Å². The molecule has 20 heavy (non-hydrogen) atoms. The van der Waals surface area contributed by atoms with Gasteiger partial charge in [0.2, 0.25) is 5.75 Å². The summed E-state index contributed by atoms with van der Waals surface area (Å²) in [5, 5.41) is 19.8. The Hall–Kier alpha value is -1.07. The molecular formula is C13H14ClIN2O3. The Bertz CT molecular complexity index is 517. The number of unbranched alkanes of at least 4 members (excludes halogenated alkanes) is 3. The average Bonchev–Trinajstić information content (AvgIpc) is 2.43. The molecule has 0 bridgehead atoms. The van der Waals surface area contributed by atoms with E-state index in [1.54, 1.807) is 6.07 Å². The van der Waals surface area contributed by atoms with Crippen molar-refractivity contribution in [3.8, 4) is 11.8 Å². The second-order valence-corrected chi connectivity index (χ2v) is 5.67. The molecule has 0 saturated heterocycles. The van der Waals surface area contributed by atoms with Crippen molar-refractivity contribution in [1.29, 1.82) is 5.26 Å². The van der Waals surface area contributed by atoms with Crippen LogP contribution in [0.25, 0.3) is 0 Å². The Balaban J connectivity index is 2.69. The number of alkyl halides is 1. The number of nitro benzene ring substituents is 1. The number of nitrogens with zero attached hydrogens (tertiary/aromatic N) is 2. The topological polar surface area (TPSA) is 76.2 Å². The van der Waals surface area contributed by atoms with Gasteiger partial charge in [0.1, 0.15) is 0 Å². The molecule has 1 aromatic rings. The maximum atomic E-state index is 11.0. The third kappa shape index (κ3) is 5.13. The number of nitro groups is 1. The summed E-state index contributed by atoms with van der Waals surface area (Å²) in [6.45, 7) is 0.422. The number of hydrogen-bond donors (Lipinski definition) is 0. The molecule has 0 aliphatic carbocycles. The average molecular weight is 409 g/mol. The van der Waals surface area contributed by atoms with Crippen LogP contribution in [0, 0.1) is 25.0 Å². The van der Waals surface area contributed by atoms with E-state index in [1.807, 2.05) is 28.7 Å². The Labute approximate surface area is 136 Å². The Morgan fingerprint density at radius 2 is 2.05 bits per heavy atom. The van der Waals surface area contributed by atoms with Gasteiger partial charge in [0.25, 0.3) is 0 Å². The molecule has 0 fully saturated rings. The maximum absolute atomic E-state index is 11.0. The van der Waals surface area contributed by atoms with Gasteiger partial charge in [-0.15, -0.1) is 11.6 Å². The van der Waals surface area contributed by atoms with Crippen LogP contribution in [0.3, 0.4) is 0 Å². The molecule has 0 radical (unpaired) electrons. The molecule has 0 aliphatic rings. The van der Waals surface area contributed by atoms with E-state index < -0.39 is 4.92 Å². The second-order valence-electron chi connectivity index (χ2n) is 4.13. The fourth-order valence-electron chi connectivity index (χ4n) is 1.65. The predicted octanol–water partition coefficient (Wildman–Crippen LogP) is 4.25. The summed E-state index contributed by atoms with van der Waals surface area (Å²) in [5.41, 5.74) is 0.102. The van der Waals surface area contributed by atoms with E-state index in [9.17, 15) is 10.1 Å². The number of ether oxygens (including phenoxy) is 1. The molecule has 0 aromatic heterocycles. The lowest BCUT2D eigenvalue weighted by Crippen LogP contribution is -2.03. The number of halogens is 2. The summed E-state index contributed by atoms with van der Waals surface area (Å²) in [6, 6.07) is 4.72. The number of rotatable bonds is 8.